The van der Waals surface area contributed by atoms with E-state index in [-0.39, 0.29) is 5.56 Å². The SMILES string of the molecule is O=C(O)c1cccc(CNc2cnc(N3CCOCC3)c(Br)c2)c1. The van der Waals surface area contributed by atoms with E-state index in [1.807, 2.05) is 12.1 Å². The van der Waals surface area contributed by atoms with Crippen LogP contribution in [0, 0.1) is 0 Å². The van der Waals surface area contributed by atoms with Gasteiger partial charge in [0.2, 0.25) is 0 Å². The number of morpholine rings is 1. The number of halogens is 1. The summed E-state index contributed by atoms with van der Waals surface area (Å²) in [6.07, 6.45) is 1.79. The minimum absolute atomic E-state index is 0.288. The predicted molar refractivity (Wildman–Crippen MR) is 95.7 cm³/mol. The third kappa shape index (κ3) is 4.04. The molecule has 1 saturated heterocycles. The maximum Gasteiger partial charge on any atom is 0.335 e. The summed E-state index contributed by atoms with van der Waals surface area (Å²) in [5.74, 6) is -0.00662. The van der Waals surface area contributed by atoms with E-state index in [1.165, 1.54) is 0 Å². The fourth-order valence-corrected chi connectivity index (χ4v) is 3.15. The number of carbonyl (C=O) groups is 1. The van der Waals surface area contributed by atoms with Crippen LogP contribution >= 0.6 is 15.9 Å². The number of anilines is 2. The molecule has 3 rings (SSSR count). The fourth-order valence-electron chi connectivity index (χ4n) is 2.55. The van der Waals surface area contributed by atoms with Gasteiger partial charge >= 0.3 is 5.97 Å². The van der Waals surface area contributed by atoms with Gasteiger partial charge in [-0.15, -0.1) is 0 Å². The molecule has 1 aromatic carbocycles. The van der Waals surface area contributed by atoms with Crippen LogP contribution in [0.25, 0.3) is 0 Å². The number of nitrogens with zero attached hydrogens (tertiary/aromatic N) is 2. The van der Waals surface area contributed by atoms with Crippen LogP contribution in [-0.2, 0) is 11.3 Å². The minimum atomic E-state index is -0.920. The number of carboxylic acids is 1. The number of ether oxygens (including phenoxy) is 1. The maximum atomic E-state index is 11.0. The van der Waals surface area contributed by atoms with E-state index in [4.69, 9.17) is 9.84 Å². The van der Waals surface area contributed by atoms with Gasteiger partial charge in [0.1, 0.15) is 5.82 Å². The van der Waals surface area contributed by atoms with Gasteiger partial charge in [0, 0.05) is 19.6 Å². The summed E-state index contributed by atoms with van der Waals surface area (Å²) < 4.78 is 6.28. The highest BCUT2D eigenvalue weighted by molar-refractivity contribution is 9.10. The van der Waals surface area contributed by atoms with Crippen LogP contribution in [0.2, 0.25) is 0 Å². The van der Waals surface area contributed by atoms with Crippen molar-refractivity contribution in [1.29, 1.82) is 0 Å². The number of benzene rings is 1. The Labute approximate surface area is 148 Å². The molecular formula is C17H18BrN3O3. The lowest BCUT2D eigenvalue weighted by Gasteiger charge is -2.28. The number of carboxylic acid groups (broad SMARTS) is 1. The van der Waals surface area contributed by atoms with E-state index in [9.17, 15) is 4.79 Å². The molecule has 0 atom stereocenters. The highest BCUT2D eigenvalue weighted by Gasteiger charge is 2.15. The Bertz CT molecular complexity index is 733. The summed E-state index contributed by atoms with van der Waals surface area (Å²) in [4.78, 5) is 17.7. The number of hydrogen-bond donors (Lipinski definition) is 2. The van der Waals surface area contributed by atoms with Crippen LogP contribution in [0.3, 0.4) is 0 Å². The lowest BCUT2D eigenvalue weighted by molar-refractivity contribution is 0.0696. The Morgan fingerprint density at radius 3 is 2.83 bits per heavy atom. The second-order valence-electron chi connectivity index (χ2n) is 5.49. The van der Waals surface area contributed by atoms with Gasteiger partial charge in [0.25, 0.3) is 0 Å². The van der Waals surface area contributed by atoms with E-state index >= 15 is 0 Å². The molecule has 0 bridgehead atoms. The molecule has 1 aliphatic rings. The second-order valence-corrected chi connectivity index (χ2v) is 6.34. The molecule has 0 unspecified atom stereocenters. The molecule has 126 valence electrons. The van der Waals surface area contributed by atoms with Crippen molar-refractivity contribution in [3.63, 3.8) is 0 Å². The third-order valence-electron chi connectivity index (χ3n) is 3.80. The van der Waals surface area contributed by atoms with Crippen molar-refractivity contribution < 1.29 is 14.6 Å². The first-order valence-corrected chi connectivity index (χ1v) is 8.47. The zero-order chi connectivity index (χ0) is 16.9. The molecule has 0 amide bonds. The van der Waals surface area contributed by atoms with Gasteiger partial charge in [-0.05, 0) is 39.7 Å². The Morgan fingerprint density at radius 2 is 2.12 bits per heavy atom. The lowest BCUT2D eigenvalue weighted by Crippen LogP contribution is -2.37. The van der Waals surface area contributed by atoms with Crippen molar-refractivity contribution in [1.82, 2.24) is 4.98 Å². The lowest BCUT2D eigenvalue weighted by atomic mass is 10.1. The van der Waals surface area contributed by atoms with Crippen molar-refractivity contribution in [2.75, 3.05) is 36.5 Å². The van der Waals surface area contributed by atoms with Crippen molar-refractivity contribution >= 4 is 33.4 Å². The smallest absolute Gasteiger partial charge is 0.335 e. The first-order valence-electron chi connectivity index (χ1n) is 7.68. The molecular weight excluding hydrogens is 374 g/mol. The van der Waals surface area contributed by atoms with Crippen LogP contribution in [0.4, 0.5) is 11.5 Å². The van der Waals surface area contributed by atoms with Gasteiger partial charge in [-0.1, -0.05) is 12.1 Å². The zero-order valence-electron chi connectivity index (χ0n) is 13.0. The van der Waals surface area contributed by atoms with E-state index in [0.717, 1.165) is 34.6 Å². The van der Waals surface area contributed by atoms with E-state index in [0.29, 0.717) is 19.8 Å². The molecule has 1 fully saturated rings. The number of aromatic nitrogens is 1. The summed E-state index contributed by atoms with van der Waals surface area (Å²) in [5.41, 5.74) is 2.07. The van der Waals surface area contributed by atoms with Crippen molar-refractivity contribution in [3.8, 4) is 0 Å². The Morgan fingerprint density at radius 1 is 1.33 bits per heavy atom. The summed E-state index contributed by atoms with van der Waals surface area (Å²) >= 11 is 3.58. The monoisotopic (exact) mass is 391 g/mol. The highest BCUT2D eigenvalue weighted by Crippen LogP contribution is 2.27. The number of aromatic carboxylic acids is 1. The van der Waals surface area contributed by atoms with Gasteiger partial charge < -0.3 is 20.1 Å². The standard InChI is InChI=1S/C17H18BrN3O3/c18-15-9-14(11-20-16(15)21-4-6-24-7-5-21)19-10-12-2-1-3-13(8-12)17(22)23/h1-3,8-9,11,19H,4-7,10H2,(H,22,23). The molecule has 2 N–H and O–H groups in total. The van der Waals surface area contributed by atoms with Crippen molar-refractivity contribution in [2.45, 2.75) is 6.54 Å². The molecule has 2 aromatic rings. The van der Waals surface area contributed by atoms with Gasteiger partial charge in [-0.25, -0.2) is 9.78 Å². The first-order chi connectivity index (χ1) is 11.6. The van der Waals surface area contributed by atoms with Crippen LogP contribution in [-0.4, -0.2) is 42.4 Å². The van der Waals surface area contributed by atoms with Crippen molar-refractivity contribution in [2.24, 2.45) is 0 Å². The predicted octanol–water partition coefficient (Wildman–Crippen LogP) is 2.99. The van der Waals surface area contributed by atoms with Gasteiger partial charge in [-0.3, -0.25) is 0 Å². The number of nitrogens with one attached hydrogen (secondary N) is 1. The van der Waals surface area contributed by atoms with Gasteiger partial charge in [-0.2, -0.15) is 0 Å². The molecule has 0 radical (unpaired) electrons. The molecule has 0 saturated carbocycles. The fraction of sp³-hybridized carbons (Fsp3) is 0.294. The molecule has 2 heterocycles. The minimum Gasteiger partial charge on any atom is -0.478 e. The van der Waals surface area contributed by atoms with Gasteiger partial charge in [0.15, 0.2) is 0 Å². The van der Waals surface area contributed by atoms with E-state index in [1.54, 1.807) is 24.4 Å². The largest absolute Gasteiger partial charge is 0.478 e. The van der Waals surface area contributed by atoms with Crippen molar-refractivity contribution in [3.05, 3.63) is 52.1 Å². The average molecular weight is 392 g/mol. The normalized spacial score (nSPS) is 14.5. The molecule has 7 heteroatoms. The number of rotatable bonds is 5. The Hall–Kier alpha value is -2.12. The van der Waals surface area contributed by atoms with Crippen LogP contribution in [0.5, 0.6) is 0 Å². The van der Waals surface area contributed by atoms with Crippen LogP contribution in [0.1, 0.15) is 15.9 Å². The van der Waals surface area contributed by atoms with Gasteiger partial charge in [0.05, 0.1) is 35.1 Å². The summed E-state index contributed by atoms with van der Waals surface area (Å²) in [5, 5.41) is 12.3. The van der Waals surface area contributed by atoms with E-state index in [2.05, 4.69) is 31.1 Å². The zero-order valence-corrected chi connectivity index (χ0v) is 14.6. The molecule has 0 aliphatic carbocycles. The second kappa shape index (κ2) is 7.63. The summed E-state index contributed by atoms with van der Waals surface area (Å²) in [7, 11) is 0. The maximum absolute atomic E-state index is 11.0. The first kappa shape index (κ1) is 16.7. The molecule has 24 heavy (non-hydrogen) atoms. The summed E-state index contributed by atoms with van der Waals surface area (Å²) in [6, 6.07) is 8.88. The topological polar surface area (TPSA) is 74.7 Å². The Kier molecular flexibility index (Phi) is 5.32. The molecule has 6 nitrogen and oxygen atoms in total. The average Bonchev–Trinajstić information content (AvgIpc) is 2.61. The number of hydrogen-bond acceptors (Lipinski definition) is 5. The highest BCUT2D eigenvalue weighted by atomic mass is 79.9. The molecule has 0 spiro atoms. The quantitative estimate of drug-likeness (QED) is 0.815. The van der Waals surface area contributed by atoms with E-state index < -0.39 is 5.97 Å². The van der Waals surface area contributed by atoms with Crippen LogP contribution in [0.15, 0.2) is 41.0 Å². The molecule has 1 aliphatic heterocycles. The Balaban J connectivity index is 1.66. The number of pyridine rings is 1. The van der Waals surface area contributed by atoms with Crippen LogP contribution < -0.4 is 10.2 Å². The summed E-state index contributed by atoms with van der Waals surface area (Å²) in [6.45, 7) is 3.63. The molecule has 1 aromatic heterocycles. The third-order valence-corrected chi connectivity index (χ3v) is 4.39.